The number of benzene rings is 2. The van der Waals surface area contributed by atoms with Crippen molar-refractivity contribution in [1.29, 1.82) is 0 Å². The number of nitrogens with one attached hydrogen (secondary N) is 1. The van der Waals surface area contributed by atoms with Gasteiger partial charge in [0, 0.05) is 22.6 Å². The van der Waals surface area contributed by atoms with E-state index < -0.39 is 76.8 Å². The van der Waals surface area contributed by atoms with Gasteiger partial charge in [-0.15, -0.1) is 0 Å². The first-order chi connectivity index (χ1) is 21.0. The average Bonchev–Trinajstić information content (AvgIpc) is 3.36. The third kappa shape index (κ3) is 5.44. The van der Waals surface area contributed by atoms with E-state index in [9.17, 15) is 40.6 Å². The van der Waals surface area contributed by atoms with E-state index in [4.69, 9.17) is 19.9 Å². The number of fused-ring (bicyclic) bond motifs is 2. The van der Waals surface area contributed by atoms with Crippen LogP contribution in [0.4, 0.5) is 30.7 Å². The largest absolute Gasteiger partial charge is 0.497 e. The second kappa shape index (κ2) is 11.0. The fraction of sp³-hybridized carbons (Fsp3) is 0.276. The van der Waals surface area contributed by atoms with E-state index >= 15 is 0 Å². The molecule has 16 heteroatoms. The summed E-state index contributed by atoms with van der Waals surface area (Å²) in [4.78, 5) is 21.0. The summed E-state index contributed by atoms with van der Waals surface area (Å²) < 4.78 is 115. The maximum Gasteiger partial charge on any atom is 0.424 e. The molecule has 2 atom stereocenters. The van der Waals surface area contributed by atoms with Gasteiger partial charge in [-0.1, -0.05) is 0 Å². The first-order valence-corrected chi connectivity index (χ1v) is 12.9. The highest BCUT2D eigenvalue weighted by Gasteiger charge is 2.61. The SMILES string of the molecule is COc1ccc2nc(C(=O)NC[C@](O)(c3cc4c(c(-c5ccc(F)cc5)n3)OC[C@@]4(N)C(F)(F)F)C(F)(F)F)cc(OC)c2c1. The van der Waals surface area contributed by atoms with E-state index in [0.29, 0.717) is 17.2 Å². The lowest BCUT2D eigenvalue weighted by Gasteiger charge is -2.32. The van der Waals surface area contributed by atoms with E-state index in [-0.39, 0.29) is 16.8 Å². The number of amides is 1. The molecular weight excluding hydrogens is 617 g/mol. The van der Waals surface area contributed by atoms with E-state index in [0.717, 1.165) is 30.3 Å². The standard InChI is InChI=1S/C29H23F7N4O5/c1-43-16-7-8-19-17(9-16)21(44-2)11-20(39-19)25(41)38-12-27(42,29(34,35)36)22-10-18-24(45-13-26(18,37)28(31,32)33)23(40-22)14-3-5-15(30)6-4-14/h3-11,42H,12-13,37H2,1-2H3,(H,38,41)/t26-,27-/m0/s1. The molecule has 3 heterocycles. The van der Waals surface area contributed by atoms with Crippen LogP contribution in [0.2, 0.25) is 0 Å². The van der Waals surface area contributed by atoms with Crippen molar-refractivity contribution in [3.8, 4) is 28.5 Å². The monoisotopic (exact) mass is 640 g/mol. The molecule has 1 aliphatic rings. The fourth-order valence-electron chi connectivity index (χ4n) is 4.75. The molecule has 0 saturated carbocycles. The number of aromatic nitrogens is 2. The Bertz CT molecular complexity index is 1780. The quantitative estimate of drug-likeness (QED) is 0.247. The van der Waals surface area contributed by atoms with Gasteiger partial charge in [0.15, 0.2) is 11.3 Å². The molecule has 0 saturated heterocycles. The summed E-state index contributed by atoms with van der Waals surface area (Å²) in [7, 11) is 2.71. The van der Waals surface area contributed by atoms with Gasteiger partial charge in [-0.25, -0.2) is 14.4 Å². The Hall–Kier alpha value is -4.70. The number of rotatable bonds is 7. The summed E-state index contributed by atoms with van der Waals surface area (Å²) in [5, 5.41) is 13.4. The number of carbonyl (C=O) groups excluding carboxylic acids is 1. The summed E-state index contributed by atoms with van der Waals surface area (Å²) in [5.41, 5.74) is -4.82. The number of ether oxygens (including phenoxy) is 3. The number of aliphatic hydroxyl groups is 1. The molecule has 4 aromatic rings. The van der Waals surface area contributed by atoms with E-state index in [1.807, 2.05) is 5.32 Å². The number of hydrogen-bond acceptors (Lipinski definition) is 8. The van der Waals surface area contributed by atoms with Gasteiger partial charge in [0.2, 0.25) is 5.60 Å². The van der Waals surface area contributed by atoms with Crippen LogP contribution >= 0.6 is 0 Å². The van der Waals surface area contributed by atoms with Gasteiger partial charge in [-0.2, -0.15) is 26.3 Å². The van der Waals surface area contributed by atoms with Crippen molar-refractivity contribution in [2.75, 3.05) is 27.4 Å². The van der Waals surface area contributed by atoms with Crippen LogP contribution in [0.25, 0.3) is 22.2 Å². The number of alkyl halides is 6. The Morgan fingerprint density at radius 3 is 2.31 bits per heavy atom. The van der Waals surface area contributed by atoms with Crippen LogP contribution < -0.4 is 25.3 Å². The molecule has 2 aromatic heterocycles. The van der Waals surface area contributed by atoms with Gasteiger partial charge in [0.05, 0.1) is 32.0 Å². The van der Waals surface area contributed by atoms with Gasteiger partial charge in [-0.3, -0.25) is 4.79 Å². The lowest BCUT2D eigenvalue weighted by atomic mass is 9.87. The van der Waals surface area contributed by atoms with Gasteiger partial charge in [-0.05, 0) is 48.5 Å². The van der Waals surface area contributed by atoms with Crippen molar-refractivity contribution in [2.45, 2.75) is 23.5 Å². The number of hydrogen-bond donors (Lipinski definition) is 3. The molecule has 9 nitrogen and oxygen atoms in total. The Morgan fingerprint density at radius 2 is 1.71 bits per heavy atom. The molecule has 1 amide bonds. The third-order valence-electron chi connectivity index (χ3n) is 7.35. The molecule has 238 valence electrons. The topological polar surface area (TPSA) is 129 Å². The van der Waals surface area contributed by atoms with Gasteiger partial charge >= 0.3 is 12.4 Å². The van der Waals surface area contributed by atoms with Crippen molar-refractivity contribution >= 4 is 16.8 Å². The van der Waals surface area contributed by atoms with Crippen molar-refractivity contribution in [2.24, 2.45) is 5.73 Å². The third-order valence-corrected chi connectivity index (χ3v) is 7.35. The van der Waals surface area contributed by atoms with Crippen LogP contribution in [-0.4, -0.2) is 60.7 Å². The van der Waals surface area contributed by atoms with E-state index in [1.54, 1.807) is 6.07 Å². The smallest absolute Gasteiger partial charge is 0.424 e. The minimum atomic E-state index is -5.60. The molecule has 45 heavy (non-hydrogen) atoms. The van der Waals surface area contributed by atoms with Crippen LogP contribution in [0.15, 0.2) is 54.6 Å². The summed E-state index contributed by atoms with van der Waals surface area (Å²) >= 11 is 0. The lowest BCUT2D eigenvalue weighted by Crippen LogP contribution is -2.53. The number of halogens is 7. The number of nitrogens with two attached hydrogens (primary N) is 1. The zero-order chi connectivity index (χ0) is 32.9. The second-order valence-electron chi connectivity index (χ2n) is 10.1. The molecule has 0 radical (unpaired) electrons. The van der Waals surface area contributed by atoms with Gasteiger partial charge in [0.1, 0.15) is 35.3 Å². The number of nitrogens with zero attached hydrogens (tertiary/aromatic N) is 2. The molecule has 0 bridgehead atoms. The molecular formula is C29H23F7N4O5. The predicted molar refractivity (Wildman–Crippen MR) is 144 cm³/mol. The van der Waals surface area contributed by atoms with Crippen LogP contribution in [0.5, 0.6) is 17.2 Å². The Kier molecular flexibility index (Phi) is 7.77. The minimum absolute atomic E-state index is 0.126. The molecule has 5 rings (SSSR count). The van der Waals surface area contributed by atoms with Crippen LogP contribution in [0.3, 0.4) is 0 Å². The summed E-state index contributed by atoms with van der Waals surface area (Å²) in [6, 6.07) is 9.97. The first kappa shape index (κ1) is 31.7. The molecule has 0 spiro atoms. The molecule has 0 unspecified atom stereocenters. The van der Waals surface area contributed by atoms with Crippen LogP contribution in [-0.2, 0) is 11.1 Å². The predicted octanol–water partition coefficient (Wildman–Crippen LogP) is 4.74. The molecule has 1 aliphatic heterocycles. The fourth-order valence-corrected chi connectivity index (χ4v) is 4.75. The Labute approximate surface area is 249 Å². The average molecular weight is 641 g/mol. The summed E-state index contributed by atoms with van der Waals surface area (Å²) in [6.45, 7) is -2.80. The second-order valence-corrected chi connectivity index (χ2v) is 10.1. The highest BCUT2D eigenvalue weighted by Crippen LogP contribution is 2.51. The molecule has 0 aliphatic carbocycles. The lowest BCUT2D eigenvalue weighted by molar-refractivity contribution is -0.265. The Balaban J connectivity index is 1.59. The van der Waals surface area contributed by atoms with Gasteiger partial charge < -0.3 is 30.4 Å². The first-order valence-electron chi connectivity index (χ1n) is 12.9. The zero-order valence-corrected chi connectivity index (χ0v) is 23.3. The normalized spacial score (nSPS) is 17.8. The maximum atomic E-state index is 14.6. The number of pyridine rings is 2. The van der Waals surface area contributed by atoms with Crippen molar-refractivity contribution in [3.63, 3.8) is 0 Å². The molecule has 0 fully saturated rings. The van der Waals surface area contributed by atoms with Crippen LogP contribution in [0.1, 0.15) is 21.7 Å². The highest BCUT2D eigenvalue weighted by molar-refractivity contribution is 5.97. The molecule has 4 N–H and O–H groups in total. The highest BCUT2D eigenvalue weighted by atomic mass is 19.4. The van der Waals surface area contributed by atoms with E-state index in [1.165, 1.54) is 26.4 Å². The number of carbonyl (C=O) groups is 1. The van der Waals surface area contributed by atoms with Crippen LogP contribution in [0, 0.1) is 5.82 Å². The summed E-state index contributed by atoms with van der Waals surface area (Å²) in [6.07, 6.45) is -10.8. The van der Waals surface area contributed by atoms with E-state index in [2.05, 4.69) is 9.97 Å². The zero-order valence-electron chi connectivity index (χ0n) is 23.3. The van der Waals surface area contributed by atoms with Crippen molar-refractivity contribution in [3.05, 3.63) is 77.4 Å². The van der Waals surface area contributed by atoms with Gasteiger partial charge in [0.25, 0.3) is 5.91 Å². The van der Waals surface area contributed by atoms with Crippen molar-refractivity contribution < 1.29 is 54.8 Å². The summed E-state index contributed by atoms with van der Waals surface area (Å²) in [5.74, 6) is -1.95. The maximum absolute atomic E-state index is 14.6. The van der Waals surface area contributed by atoms with Crippen molar-refractivity contribution in [1.82, 2.24) is 15.3 Å². The minimum Gasteiger partial charge on any atom is -0.497 e. The number of methoxy groups -OCH3 is 2. The Morgan fingerprint density at radius 1 is 1.02 bits per heavy atom. The molecule has 2 aromatic carbocycles.